The first-order chi connectivity index (χ1) is 9.70. The van der Waals surface area contributed by atoms with E-state index in [-0.39, 0.29) is 39.8 Å². The van der Waals surface area contributed by atoms with Crippen molar-refractivity contribution in [2.45, 2.75) is 26.8 Å². The predicted molar refractivity (Wildman–Crippen MR) is 82.3 cm³/mol. The number of hydrogen-bond acceptors (Lipinski definition) is 5. The smallest absolute Gasteiger partial charge is 0.295 e. The number of hydrazine groups is 1. The Morgan fingerprint density at radius 3 is 2.43 bits per heavy atom. The van der Waals surface area contributed by atoms with Crippen molar-refractivity contribution >= 4 is 28.9 Å². The van der Waals surface area contributed by atoms with Gasteiger partial charge in [0.15, 0.2) is 0 Å². The summed E-state index contributed by atoms with van der Waals surface area (Å²) in [6.45, 7) is 5.89. The van der Waals surface area contributed by atoms with Gasteiger partial charge in [-0.05, 0) is 18.9 Å². The summed E-state index contributed by atoms with van der Waals surface area (Å²) in [5, 5.41) is 11.1. The van der Waals surface area contributed by atoms with E-state index in [0.717, 1.165) is 0 Å². The van der Waals surface area contributed by atoms with Crippen LogP contribution < -0.4 is 11.3 Å². The van der Waals surface area contributed by atoms with Crippen LogP contribution >= 0.6 is 11.6 Å². The summed E-state index contributed by atoms with van der Waals surface area (Å²) in [5.74, 6) is 5.16. The van der Waals surface area contributed by atoms with E-state index in [2.05, 4.69) is 5.43 Å². The molecule has 0 aliphatic rings. The molecule has 0 radical (unpaired) electrons. The van der Waals surface area contributed by atoms with E-state index >= 15 is 0 Å². The van der Waals surface area contributed by atoms with Crippen molar-refractivity contribution < 1.29 is 9.72 Å². The van der Waals surface area contributed by atoms with Gasteiger partial charge in [-0.15, -0.1) is 0 Å². The molecule has 7 nitrogen and oxygen atoms in total. The van der Waals surface area contributed by atoms with Crippen molar-refractivity contribution in [1.82, 2.24) is 4.90 Å². The molecule has 1 aromatic carbocycles. The highest BCUT2D eigenvalue weighted by Gasteiger charge is 2.25. The number of rotatable bonds is 5. The van der Waals surface area contributed by atoms with E-state index in [9.17, 15) is 14.9 Å². The molecule has 0 saturated heterocycles. The van der Waals surface area contributed by atoms with Crippen LogP contribution in [0.4, 0.5) is 11.4 Å². The highest BCUT2D eigenvalue weighted by Crippen LogP contribution is 2.33. The van der Waals surface area contributed by atoms with E-state index in [1.807, 2.05) is 20.8 Å². The number of amides is 1. The van der Waals surface area contributed by atoms with Gasteiger partial charge in [-0.25, -0.2) is 0 Å². The standard InChI is InChI=1S/C13H19ClN4O3/c1-7(2)8(3)17(4)13(19)9-5-10(14)12(16-15)11(6-9)18(20)21/h5-8,16H,15H2,1-4H3. The zero-order valence-corrected chi connectivity index (χ0v) is 13.1. The summed E-state index contributed by atoms with van der Waals surface area (Å²) in [4.78, 5) is 24.4. The van der Waals surface area contributed by atoms with Crippen LogP contribution in [0.5, 0.6) is 0 Å². The molecule has 0 aromatic heterocycles. The third kappa shape index (κ3) is 3.62. The Hall–Kier alpha value is -1.86. The highest BCUT2D eigenvalue weighted by atomic mass is 35.5. The van der Waals surface area contributed by atoms with Gasteiger partial charge in [0.2, 0.25) is 0 Å². The molecule has 0 aliphatic carbocycles. The minimum atomic E-state index is -0.635. The van der Waals surface area contributed by atoms with Crippen LogP contribution in [0.1, 0.15) is 31.1 Å². The normalized spacial score (nSPS) is 12.1. The van der Waals surface area contributed by atoms with E-state index in [0.29, 0.717) is 0 Å². The number of carbonyl (C=O) groups excluding carboxylic acids is 1. The largest absolute Gasteiger partial charge is 0.339 e. The summed E-state index contributed by atoms with van der Waals surface area (Å²) in [7, 11) is 1.65. The Morgan fingerprint density at radius 2 is 2.00 bits per heavy atom. The minimum Gasteiger partial charge on any atom is -0.339 e. The molecule has 0 saturated carbocycles. The van der Waals surface area contributed by atoms with Crippen LogP contribution in [0.2, 0.25) is 5.02 Å². The van der Waals surface area contributed by atoms with Gasteiger partial charge in [-0.3, -0.25) is 20.8 Å². The van der Waals surface area contributed by atoms with Gasteiger partial charge in [0.25, 0.3) is 11.6 Å². The molecule has 0 aliphatic heterocycles. The number of anilines is 1. The lowest BCUT2D eigenvalue weighted by atomic mass is 10.0. The van der Waals surface area contributed by atoms with Crippen LogP contribution in [0, 0.1) is 16.0 Å². The Labute approximate surface area is 128 Å². The molecule has 1 aromatic rings. The number of benzene rings is 1. The van der Waals surface area contributed by atoms with Crippen LogP contribution in [0.3, 0.4) is 0 Å². The Kier molecular flexibility index (Phi) is 5.51. The van der Waals surface area contributed by atoms with E-state index < -0.39 is 4.92 Å². The first-order valence-corrected chi connectivity index (χ1v) is 6.80. The third-order valence-corrected chi connectivity index (χ3v) is 3.85. The van der Waals surface area contributed by atoms with Crippen LogP contribution in [0.15, 0.2) is 12.1 Å². The Morgan fingerprint density at radius 1 is 1.43 bits per heavy atom. The number of nitrogens with zero attached hydrogens (tertiary/aromatic N) is 2. The summed E-state index contributed by atoms with van der Waals surface area (Å²) >= 11 is 5.95. The average molecular weight is 315 g/mol. The molecule has 1 rings (SSSR count). The zero-order valence-electron chi connectivity index (χ0n) is 12.4. The summed E-state index contributed by atoms with van der Waals surface area (Å²) in [6.07, 6.45) is 0. The monoisotopic (exact) mass is 314 g/mol. The molecular weight excluding hydrogens is 296 g/mol. The molecule has 0 bridgehead atoms. The quantitative estimate of drug-likeness (QED) is 0.494. The third-order valence-electron chi connectivity index (χ3n) is 3.55. The molecule has 1 unspecified atom stereocenters. The van der Waals surface area contributed by atoms with E-state index in [4.69, 9.17) is 17.4 Å². The van der Waals surface area contributed by atoms with Gasteiger partial charge in [0.1, 0.15) is 5.69 Å². The van der Waals surface area contributed by atoms with E-state index in [1.165, 1.54) is 17.0 Å². The van der Waals surface area contributed by atoms with Crippen LogP contribution in [0.25, 0.3) is 0 Å². The number of hydrogen-bond donors (Lipinski definition) is 2. The number of carbonyl (C=O) groups is 1. The van der Waals surface area contributed by atoms with Gasteiger partial charge in [0, 0.05) is 24.7 Å². The van der Waals surface area contributed by atoms with Gasteiger partial charge < -0.3 is 10.3 Å². The first-order valence-electron chi connectivity index (χ1n) is 6.42. The second-order valence-corrected chi connectivity index (χ2v) is 5.56. The minimum absolute atomic E-state index is 0.0114. The van der Waals surface area contributed by atoms with Crippen LogP contribution in [-0.4, -0.2) is 28.8 Å². The Balaban J connectivity index is 3.26. The molecule has 8 heteroatoms. The molecule has 1 atom stereocenters. The first kappa shape index (κ1) is 17.2. The number of nitrogens with two attached hydrogens (primary N) is 1. The Bertz CT molecular complexity index is 563. The maximum absolute atomic E-state index is 12.4. The maximum Gasteiger partial charge on any atom is 0.295 e. The van der Waals surface area contributed by atoms with Gasteiger partial charge in [-0.1, -0.05) is 25.4 Å². The SMILES string of the molecule is CC(C)C(C)N(C)C(=O)c1cc(Cl)c(NN)c([N+](=O)[O-])c1. The number of nitrogens with one attached hydrogen (secondary N) is 1. The lowest BCUT2D eigenvalue weighted by Crippen LogP contribution is -2.38. The number of nitro benzene ring substituents is 1. The lowest BCUT2D eigenvalue weighted by Gasteiger charge is -2.28. The van der Waals surface area contributed by atoms with Crippen molar-refractivity contribution in [2.24, 2.45) is 11.8 Å². The molecule has 0 spiro atoms. The fraction of sp³-hybridized carbons (Fsp3) is 0.462. The number of nitro groups is 1. The van der Waals surface area contributed by atoms with Gasteiger partial charge in [-0.2, -0.15) is 0 Å². The lowest BCUT2D eigenvalue weighted by molar-refractivity contribution is -0.384. The van der Waals surface area contributed by atoms with Crippen molar-refractivity contribution in [3.63, 3.8) is 0 Å². The molecule has 1 amide bonds. The second kappa shape index (κ2) is 6.73. The van der Waals surface area contributed by atoms with Crippen molar-refractivity contribution in [2.75, 3.05) is 12.5 Å². The van der Waals surface area contributed by atoms with Crippen LogP contribution in [-0.2, 0) is 0 Å². The molecule has 3 N–H and O–H groups in total. The van der Waals surface area contributed by atoms with E-state index in [1.54, 1.807) is 7.05 Å². The van der Waals surface area contributed by atoms with Crippen molar-refractivity contribution in [1.29, 1.82) is 0 Å². The van der Waals surface area contributed by atoms with Gasteiger partial charge in [0.05, 0.1) is 9.95 Å². The maximum atomic E-state index is 12.4. The molecule has 116 valence electrons. The summed E-state index contributed by atoms with van der Waals surface area (Å²) < 4.78 is 0. The van der Waals surface area contributed by atoms with Crippen molar-refractivity contribution in [3.8, 4) is 0 Å². The topological polar surface area (TPSA) is 102 Å². The second-order valence-electron chi connectivity index (χ2n) is 5.15. The molecule has 0 heterocycles. The fourth-order valence-electron chi connectivity index (χ4n) is 1.84. The molecule has 0 fully saturated rings. The summed E-state index contributed by atoms with van der Waals surface area (Å²) in [6, 6.07) is 2.53. The molecular formula is C13H19ClN4O3. The van der Waals surface area contributed by atoms with Gasteiger partial charge >= 0.3 is 0 Å². The molecule has 21 heavy (non-hydrogen) atoms. The number of nitrogen functional groups attached to an aromatic ring is 1. The van der Waals surface area contributed by atoms with Crippen molar-refractivity contribution in [3.05, 3.63) is 32.8 Å². The average Bonchev–Trinajstić information content (AvgIpc) is 2.43. The fourth-order valence-corrected chi connectivity index (χ4v) is 2.11. The predicted octanol–water partition coefficient (Wildman–Crippen LogP) is 2.65. The number of halogens is 1. The summed E-state index contributed by atoms with van der Waals surface area (Å²) in [5.41, 5.74) is 1.99. The zero-order chi connectivity index (χ0) is 16.3. The highest BCUT2D eigenvalue weighted by molar-refractivity contribution is 6.34.